The van der Waals surface area contributed by atoms with E-state index < -0.39 is 0 Å². The summed E-state index contributed by atoms with van der Waals surface area (Å²) in [5.74, 6) is 0.681. The van der Waals surface area contributed by atoms with Gasteiger partial charge in [0.2, 0.25) is 11.9 Å². The minimum atomic E-state index is -0.00463. The lowest BCUT2D eigenvalue weighted by Crippen LogP contribution is -2.18. The number of para-hydroxylation sites is 2. The summed E-state index contributed by atoms with van der Waals surface area (Å²) in [5.41, 5.74) is 7.51. The first kappa shape index (κ1) is 16.8. The zero-order chi connectivity index (χ0) is 14.7. The van der Waals surface area contributed by atoms with Crippen LogP contribution in [-0.2, 0) is 4.79 Å². The lowest BCUT2D eigenvalue weighted by molar-refractivity contribution is -0.116. The molecule has 2 aromatic rings. The van der Waals surface area contributed by atoms with Gasteiger partial charge in [-0.15, -0.1) is 12.4 Å². The van der Waals surface area contributed by atoms with Gasteiger partial charge in [-0.3, -0.25) is 10.1 Å². The maximum atomic E-state index is 12.0. The summed E-state index contributed by atoms with van der Waals surface area (Å²) in [6.45, 7) is 0.534. The summed E-state index contributed by atoms with van der Waals surface area (Å²) < 4.78 is 2.21. The summed E-state index contributed by atoms with van der Waals surface area (Å²) in [6, 6.07) is 8.53. The van der Waals surface area contributed by atoms with Gasteiger partial charge in [-0.2, -0.15) is 0 Å². The molecular weight excluding hydrogens is 300 g/mol. The molecule has 0 unspecified atom stereocenters. The lowest BCUT2D eigenvalue weighted by atomic mass is 10.2. The van der Waals surface area contributed by atoms with Crippen LogP contribution in [0.25, 0.3) is 11.0 Å². The van der Waals surface area contributed by atoms with Crippen LogP contribution in [0, 0.1) is 0 Å². The molecule has 0 radical (unpaired) electrons. The first-order valence-corrected chi connectivity index (χ1v) is 7.76. The van der Waals surface area contributed by atoms with Crippen molar-refractivity contribution in [3.63, 3.8) is 0 Å². The number of hydrogen-bond acceptors (Lipinski definition) is 3. The second-order valence-electron chi connectivity index (χ2n) is 5.67. The summed E-state index contributed by atoms with van der Waals surface area (Å²) >= 11 is 0. The number of amides is 1. The molecule has 1 amide bonds. The molecule has 3 N–H and O–H groups in total. The van der Waals surface area contributed by atoms with Crippen LogP contribution in [0.5, 0.6) is 0 Å². The average molecular weight is 323 g/mol. The fourth-order valence-corrected chi connectivity index (χ4v) is 3.11. The standard InChI is InChI=1S/C16H22N4O.ClH/c17-11-5-10-15(21)19-16-18-13-8-3-4-9-14(13)20(16)12-6-1-2-7-12;/h3-4,8-9,12H,1-2,5-7,10-11,17H2,(H,18,19,21);1H. The number of anilines is 1. The van der Waals surface area contributed by atoms with Gasteiger partial charge in [0, 0.05) is 12.5 Å². The number of carbonyl (C=O) groups excluding carboxylic acids is 1. The number of carbonyl (C=O) groups is 1. The molecule has 0 spiro atoms. The topological polar surface area (TPSA) is 72.9 Å². The number of rotatable bonds is 5. The maximum Gasteiger partial charge on any atom is 0.226 e. The van der Waals surface area contributed by atoms with E-state index in [0.717, 1.165) is 23.9 Å². The summed E-state index contributed by atoms with van der Waals surface area (Å²) in [5, 5.41) is 2.97. The molecule has 1 aromatic heterocycles. The van der Waals surface area contributed by atoms with Crippen LogP contribution in [0.2, 0.25) is 0 Å². The largest absolute Gasteiger partial charge is 0.330 e. The van der Waals surface area contributed by atoms with Crippen LogP contribution >= 0.6 is 12.4 Å². The second kappa shape index (κ2) is 7.61. The van der Waals surface area contributed by atoms with Crippen molar-refractivity contribution in [2.24, 2.45) is 5.73 Å². The Bertz CT molecular complexity index is 634. The normalized spacial score (nSPS) is 15.0. The Balaban J connectivity index is 0.00000176. The van der Waals surface area contributed by atoms with Gasteiger partial charge in [0.1, 0.15) is 0 Å². The SMILES string of the molecule is Cl.NCCCC(=O)Nc1nc2ccccc2n1C1CCCC1. The number of imidazole rings is 1. The average Bonchev–Trinajstić information content (AvgIpc) is 3.11. The van der Waals surface area contributed by atoms with Crippen LogP contribution in [0.3, 0.4) is 0 Å². The zero-order valence-electron chi connectivity index (χ0n) is 12.6. The third-order valence-corrected chi connectivity index (χ3v) is 4.14. The molecule has 1 fully saturated rings. The van der Waals surface area contributed by atoms with Crippen molar-refractivity contribution < 1.29 is 4.79 Å². The van der Waals surface area contributed by atoms with Crippen LogP contribution in [0.4, 0.5) is 5.95 Å². The Morgan fingerprint density at radius 2 is 2.05 bits per heavy atom. The van der Waals surface area contributed by atoms with Crippen molar-refractivity contribution in [1.29, 1.82) is 0 Å². The predicted molar refractivity (Wildman–Crippen MR) is 91.4 cm³/mol. The van der Waals surface area contributed by atoms with Gasteiger partial charge in [-0.1, -0.05) is 25.0 Å². The number of hydrogen-bond donors (Lipinski definition) is 2. The minimum absolute atomic E-state index is 0. The number of fused-ring (bicyclic) bond motifs is 1. The molecule has 0 bridgehead atoms. The van der Waals surface area contributed by atoms with E-state index in [1.165, 1.54) is 12.8 Å². The third kappa shape index (κ3) is 3.42. The third-order valence-electron chi connectivity index (χ3n) is 4.14. The van der Waals surface area contributed by atoms with Gasteiger partial charge in [-0.05, 0) is 37.9 Å². The number of nitrogens with one attached hydrogen (secondary N) is 1. The lowest BCUT2D eigenvalue weighted by Gasteiger charge is -2.16. The molecule has 0 saturated heterocycles. The van der Waals surface area contributed by atoms with E-state index in [-0.39, 0.29) is 18.3 Å². The highest BCUT2D eigenvalue weighted by Gasteiger charge is 2.23. The van der Waals surface area contributed by atoms with Crippen LogP contribution < -0.4 is 11.1 Å². The van der Waals surface area contributed by atoms with Crippen molar-refractivity contribution in [2.45, 2.75) is 44.6 Å². The molecule has 1 heterocycles. The zero-order valence-corrected chi connectivity index (χ0v) is 13.4. The Hall–Kier alpha value is -1.59. The summed E-state index contributed by atoms with van der Waals surface area (Å²) in [7, 11) is 0. The molecule has 120 valence electrons. The monoisotopic (exact) mass is 322 g/mol. The molecule has 1 aliphatic carbocycles. The molecule has 1 aliphatic rings. The van der Waals surface area contributed by atoms with Crippen molar-refractivity contribution in [3.8, 4) is 0 Å². The molecule has 6 heteroatoms. The molecule has 22 heavy (non-hydrogen) atoms. The number of aromatic nitrogens is 2. The molecule has 0 atom stereocenters. The van der Waals surface area contributed by atoms with E-state index in [9.17, 15) is 4.79 Å². The summed E-state index contributed by atoms with van der Waals surface area (Å²) in [6.07, 6.45) is 5.97. The van der Waals surface area contributed by atoms with Crippen molar-refractivity contribution in [3.05, 3.63) is 24.3 Å². The first-order chi connectivity index (χ1) is 10.3. The van der Waals surface area contributed by atoms with Gasteiger partial charge in [0.15, 0.2) is 0 Å². The molecule has 0 aliphatic heterocycles. The summed E-state index contributed by atoms with van der Waals surface area (Å²) in [4.78, 5) is 16.6. The van der Waals surface area contributed by atoms with E-state index in [2.05, 4.69) is 20.9 Å². The molecular formula is C16H23ClN4O. The van der Waals surface area contributed by atoms with E-state index in [0.29, 0.717) is 31.4 Å². The van der Waals surface area contributed by atoms with Crippen LogP contribution in [0.1, 0.15) is 44.6 Å². The Labute approximate surface area is 136 Å². The van der Waals surface area contributed by atoms with Gasteiger partial charge in [-0.25, -0.2) is 4.98 Å². The van der Waals surface area contributed by atoms with Gasteiger partial charge in [0.05, 0.1) is 11.0 Å². The van der Waals surface area contributed by atoms with Gasteiger partial charge < -0.3 is 10.3 Å². The van der Waals surface area contributed by atoms with Crippen molar-refractivity contribution in [2.75, 3.05) is 11.9 Å². The van der Waals surface area contributed by atoms with Crippen molar-refractivity contribution >= 4 is 35.3 Å². The first-order valence-electron chi connectivity index (χ1n) is 7.76. The molecule has 3 rings (SSSR count). The molecule has 5 nitrogen and oxygen atoms in total. The predicted octanol–water partition coefficient (Wildman–Crippen LogP) is 3.25. The van der Waals surface area contributed by atoms with E-state index in [4.69, 9.17) is 5.73 Å². The highest BCUT2D eigenvalue weighted by molar-refractivity contribution is 5.91. The van der Waals surface area contributed by atoms with Gasteiger partial charge >= 0.3 is 0 Å². The molecule has 1 aromatic carbocycles. The van der Waals surface area contributed by atoms with E-state index in [1.54, 1.807) is 0 Å². The smallest absolute Gasteiger partial charge is 0.226 e. The number of halogens is 1. The van der Waals surface area contributed by atoms with Gasteiger partial charge in [0.25, 0.3) is 0 Å². The number of benzene rings is 1. The maximum absolute atomic E-state index is 12.0. The fraction of sp³-hybridized carbons (Fsp3) is 0.500. The Kier molecular flexibility index (Phi) is 5.80. The van der Waals surface area contributed by atoms with Crippen LogP contribution in [-0.4, -0.2) is 22.0 Å². The highest BCUT2D eigenvalue weighted by Crippen LogP contribution is 2.35. The Morgan fingerprint density at radius 3 is 2.77 bits per heavy atom. The minimum Gasteiger partial charge on any atom is -0.330 e. The molecule has 1 saturated carbocycles. The Morgan fingerprint density at radius 1 is 1.32 bits per heavy atom. The number of nitrogens with zero attached hydrogens (tertiary/aromatic N) is 2. The van der Waals surface area contributed by atoms with E-state index >= 15 is 0 Å². The number of nitrogens with two attached hydrogens (primary N) is 1. The quantitative estimate of drug-likeness (QED) is 0.887. The second-order valence-corrected chi connectivity index (χ2v) is 5.67. The fourth-order valence-electron chi connectivity index (χ4n) is 3.11. The van der Waals surface area contributed by atoms with Crippen LogP contribution in [0.15, 0.2) is 24.3 Å². The van der Waals surface area contributed by atoms with Crippen molar-refractivity contribution in [1.82, 2.24) is 9.55 Å². The highest BCUT2D eigenvalue weighted by atomic mass is 35.5. The van der Waals surface area contributed by atoms with E-state index in [1.807, 2.05) is 18.2 Å².